The third-order valence-electron chi connectivity index (χ3n) is 4.96. The monoisotopic (exact) mass is 353 g/mol. The Morgan fingerprint density at radius 2 is 1.96 bits per heavy atom. The molecule has 1 aromatic carbocycles. The number of hydrogen-bond acceptors (Lipinski definition) is 3. The molecular formula is C19H25F2NO3. The number of halogens is 2. The predicted molar refractivity (Wildman–Crippen MR) is 89.4 cm³/mol. The van der Waals surface area contributed by atoms with E-state index in [9.17, 15) is 13.6 Å². The summed E-state index contributed by atoms with van der Waals surface area (Å²) in [5.74, 6) is -0.860. The number of carbonyl (C=O) groups is 1. The van der Waals surface area contributed by atoms with Gasteiger partial charge in [-0.2, -0.15) is 0 Å². The van der Waals surface area contributed by atoms with E-state index < -0.39 is 17.2 Å². The fourth-order valence-corrected chi connectivity index (χ4v) is 3.92. The molecule has 0 spiro atoms. The lowest BCUT2D eigenvalue weighted by Crippen LogP contribution is -2.44. The van der Waals surface area contributed by atoms with Crippen LogP contribution in [-0.2, 0) is 4.74 Å². The molecule has 0 bridgehead atoms. The Morgan fingerprint density at radius 1 is 1.20 bits per heavy atom. The molecule has 1 aliphatic carbocycles. The molecule has 1 aliphatic heterocycles. The second kappa shape index (κ2) is 6.81. The number of amides is 1. The lowest BCUT2D eigenvalue weighted by Gasteiger charge is -2.31. The van der Waals surface area contributed by atoms with Crippen LogP contribution in [-0.4, -0.2) is 35.8 Å². The van der Waals surface area contributed by atoms with Gasteiger partial charge in [-0.3, -0.25) is 0 Å². The molecule has 3 atom stereocenters. The largest absolute Gasteiger partial charge is 0.493 e. The van der Waals surface area contributed by atoms with Crippen LogP contribution in [0.4, 0.5) is 13.6 Å². The highest BCUT2D eigenvalue weighted by Crippen LogP contribution is 2.42. The SMILES string of the molecule is CC(C)(C)OC(=O)N1CC[C@H]2CC[C@H](COc3ccc(F)c(F)c3)[C@H]21. The van der Waals surface area contributed by atoms with Crippen molar-refractivity contribution in [1.29, 1.82) is 0 Å². The van der Waals surface area contributed by atoms with E-state index in [1.54, 1.807) is 0 Å². The van der Waals surface area contributed by atoms with Gasteiger partial charge in [0.1, 0.15) is 11.4 Å². The molecule has 1 saturated heterocycles. The molecular weight excluding hydrogens is 328 g/mol. The van der Waals surface area contributed by atoms with Crippen molar-refractivity contribution in [3.8, 4) is 5.75 Å². The van der Waals surface area contributed by atoms with E-state index in [0.717, 1.165) is 31.4 Å². The van der Waals surface area contributed by atoms with Crippen LogP contribution in [0.3, 0.4) is 0 Å². The zero-order valence-electron chi connectivity index (χ0n) is 14.9. The molecule has 0 radical (unpaired) electrons. The predicted octanol–water partition coefficient (Wildman–Crippen LogP) is 4.38. The van der Waals surface area contributed by atoms with Crippen LogP contribution in [0.2, 0.25) is 0 Å². The lowest BCUT2D eigenvalue weighted by atomic mass is 9.99. The summed E-state index contributed by atoms with van der Waals surface area (Å²) in [6.07, 6.45) is 2.71. The zero-order chi connectivity index (χ0) is 18.2. The Bertz CT molecular complexity index is 644. The number of benzene rings is 1. The summed E-state index contributed by atoms with van der Waals surface area (Å²) in [6, 6.07) is 3.64. The molecule has 1 aromatic rings. The van der Waals surface area contributed by atoms with Crippen LogP contribution in [0.25, 0.3) is 0 Å². The molecule has 2 fully saturated rings. The highest BCUT2D eigenvalue weighted by Gasteiger charge is 2.47. The van der Waals surface area contributed by atoms with Gasteiger partial charge < -0.3 is 14.4 Å². The number of fused-ring (bicyclic) bond motifs is 1. The minimum absolute atomic E-state index is 0.0974. The highest BCUT2D eigenvalue weighted by molar-refractivity contribution is 5.69. The average molecular weight is 353 g/mol. The number of hydrogen-bond donors (Lipinski definition) is 0. The maximum absolute atomic E-state index is 13.3. The maximum Gasteiger partial charge on any atom is 0.410 e. The van der Waals surface area contributed by atoms with E-state index in [0.29, 0.717) is 24.8 Å². The van der Waals surface area contributed by atoms with Crippen LogP contribution in [0.15, 0.2) is 18.2 Å². The first-order valence-electron chi connectivity index (χ1n) is 8.82. The summed E-state index contributed by atoms with van der Waals surface area (Å²) < 4.78 is 37.5. The van der Waals surface area contributed by atoms with E-state index in [2.05, 4.69) is 0 Å². The van der Waals surface area contributed by atoms with E-state index in [4.69, 9.17) is 9.47 Å². The summed E-state index contributed by atoms with van der Waals surface area (Å²) in [7, 11) is 0. The first-order valence-corrected chi connectivity index (χ1v) is 8.82. The van der Waals surface area contributed by atoms with E-state index in [-0.39, 0.29) is 18.1 Å². The van der Waals surface area contributed by atoms with Gasteiger partial charge in [-0.15, -0.1) is 0 Å². The summed E-state index contributed by atoms with van der Waals surface area (Å²) in [4.78, 5) is 14.3. The minimum Gasteiger partial charge on any atom is -0.493 e. The Kier molecular flexibility index (Phi) is 4.89. The van der Waals surface area contributed by atoms with Crippen LogP contribution < -0.4 is 4.74 Å². The third kappa shape index (κ3) is 4.05. The van der Waals surface area contributed by atoms with Crippen molar-refractivity contribution in [2.24, 2.45) is 11.8 Å². The fourth-order valence-electron chi connectivity index (χ4n) is 3.92. The highest BCUT2D eigenvalue weighted by atomic mass is 19.2. The van der Waals surface area contributed by atoms with E-state index >= 15 is 0 Å². The third-order valence-corrected chi connectivity index (χ3v) is 4.96. The quantitative estimate of drug-likeness (QED) is 0.809. The second-order valence-corrected chi connectivity index (χ2v) is 7.94. The van der Waals surface area contributed by atoms with Gasteiger partial charge in [0.15, 0.2) is 11.6 Å². The molecule has 1 saturated carbocycles. The molecule has 3 rings (SSSR count). The van der Waals surface area contributed by atoms with Crippen molar-refractivity contribution in [2.45, 2.75) is 51.7 Å². The molecule has 0 aromatic heterocycles. The Balaban J connectivity index is 1.64. The molecule has 2 aliphatic rings. The van der Waals surface area contributed by atoms with Crippen LogP contribution >= 0.6 is 0 Å². The first kappa shape index (κ1) is 18.0. The van der Waals surface area contributed by atoms with Crippen molar-refractivity contribution < 1.29 is 23.0 Å². The van der Waals surface area contributed by atoms with Crippen molar-refractivity contribution >= 4 is 6.09 Å². The van der Waals surface area contributed by atoms with Crippen LogP contribution in [0.5, 0.6) is 5.75 Å². The molecule has 6 heteroatoms. The zero-order valence-corrected chi connectivity index (χ0v) is 14.9. The van der Waals surface area contributed by atoms with Crippen molar-refractivity contribution in [1.82, 2.24) is 4.90 Å². The summed E-state index contributed by atoms with van der Waals surface area (Å²) >= 11 is 0. The van der Waals surface area contributed by atoms with E-state index in [1.165, 1.54) is 6.07 Å². The molecule has 138 valence electrons. The van der Waals surface area contributed by atoms with Gasteiger partial charge >= 0.3 is 6.09 Å². The van der Waals surface area contributed by atoms with E-state index in [1.807, 2.05) is 25.7 Å². The molecule has 1 heterocycles. The number of nitrogens with zero attached hydrogens (tertiary/aromatic N) is 1. The Morgan fingerprint density at radius 3 is 2.64 bits per heavy atom. The average Bonchev–Trinajstić information content (AvgIpc) is 3.08. The molecule has 25 heavy (non-hydrogen) atoms. The summed E-state index contributed by atoms with van der Waals surface area (Å²) in [5, 5.41) is 0. The summed E-state index contributed by atoms with van der Waals surface area (Å²) in [5.41, 5.74) is -0.522. The normalized spacial score (nSPS) is 25.8. The topological polar surface area (TPSA) is 38.8 Å². The first-order chi connectivity index (χ1) is 11.7. The van der Waals surface area contributed by atoms with Gasteiger partial charge in [0.05, 0.1) is 6.61 Å². The van der Waals surface area contributed by atoms with Gasteiger partial charge in [-0.1, -0.05) is 0 Å². The molecule has 0 unspecified atom stereocenters. The fraction of sp³-hybridized carbons (Fsp3) is 0.632. The smallest absolute Gasteiger partial charge is 0.410 e. The molecule has 0 N–H and O–H groups in total. The number of ether oxygens (including phenoxy) is 2. The van der Waals surface area contributed by atoms with Gasteiger partial charge in [-0.05, 0) is 58.1 Å². The maximum atomic E-state index is 13.3. The van der Waals surface area contributed by atoms with Crippen molar-refractivity contribution in [3.05, 3.63) is 29.8 Å². The number of carbonyl (C=O) groups excluding carboxylic acids is 1. The second-order valence-electron chi connectivity index (χ2n) is 7.94. The van der Waals surface area contributed by atoms with Crippen molar-refractivity contribution in [3.63, 3.8) is 0 Å². The van der Waals surface area contributed by atoms with Gasteiger partial charge in [-0.25, -0.2) is 13.6 Å². The van der Waals surface area contributed by atoms with Gasteiger partial charge in [0.2, 0.25) is 0 Å². The van der Waals surface area contributed by atoms with Crippen molar-refractivity contribution in [2.75, 3.05) is 13.2 Å². The summed E-state index contributed by atoms with van der Waals surface area (Å²) in [6.45, 7) is 6.65. The van der Waals surface area contributed by atoms with Gasteiger partial charge in [0.25, 0.3) is 0 Å². The van der Waals surface area contributed by atoms with Crippen LogP contribution in [0.1, 0.15) is 40.0 Å². The standard InChI is InChI=1S/C19H25F2NO3/c1-19(2,3)25-18(23)22-9-8-12-4-5-13(17(12)22)11-24-14-6-7-15(20)16(21)10-14/h6-7,10,12-13,17H,4-5,8-9,11H2,1-3H3/t12-,13-,17+/m1/s1. The lowest BCUT2D eigenvalue weighted by molar-refractivity contribution is 0.0157. The molecule has 4 nitrogen and oxygen atoms in total. The molecule has 1 amide bonds. The number of likely N-dealkylation sites (tertiary alicyclic amines) is 1. The van der Waals surface area contributed by atoms with Gasteiger partial charge in [0, 0.05) is 24.6 Å². The number of rotatable bonds is 3. The Labute approximate surface area is 147 Å². The Hall–Kier alpha value is -1.85. The minimum atomic E-state index is -0.918. The van der Waals surface area contributed by atoms with Crippen LogP contribution in [0, 0.1) is 23.5 Å².